The van der Waals surface area contributed by atoms with Crippen molar-refractivity contribution in [3.8, 4) is 0 Å². The van der Waals surface area contributed by atoms with Crippen LogP contribution >= 0.6 is 15.9 Å². The summed E-state index contributed by atoms with van der Waals surface area (Å²) in [7, 11) is 0. The largest absolute Gasteiger partial charge is 0.425 e. The molecule has 4 atom stereocenters. The van der Waals surface area contributed by atoms with E-state index in [1.54, 1.807) is 32.9 Å². The molecule has 1 aromatic rings. The van der Waals surface area contributed by atoms with E-state index in [0.29, 0.717) is 22.3 Å². The van der Waals surface area contributed by atoms with E-state index < -0.39 is 41.8 Å². The minimum atomic E-state index is -1.62. The molecule has 2 amide bonds. The highest BCUT2D eigenvalue weighted by molar-refractivity contribution is 9.10. The van der Waals surface area contributed by atoms with Crippen molar-refractivity contribution >= 4 is 33.6 Å². The zero-order valence-electron chi connectivity index (χ0n) is 16.2. The smallest absolute Gasteiger partial charge is 0.413 e. The standard InChI is InChI=1S/C19H23BrN2O6/c1-5-25-10(2)27-15-13-9-26-18(3,4)22(13)17(24)28-19(15)11-7-6-8-12(20)14(11)21-16(19)23/h6-8,10,13,15H,5,9H2,1-4H3,(H,21,23)/t10?,13-,15-,19+/m1/s1. The third-order valence-electron chi connectivity index (χ3n) is 5.44. The number of halogens is 1. The summed E-state index contributed by atoms with van der Waals surface area (Å²) < 4.78 is 24.2. The minimum Gasteiger partial charge on any atom is -0.425 e. The quantitative estimate of drug-likeness (QED) is 0.703. The lowest BCUT2D eigenvalue weighted by molar-refractivity contribution is -0.237. The van der Waals surface area contributed by atoms with Gasteiger partial charge in [0.15, 0.2) is 6.29 Å². The molecule has 3 aliphatic heterocycles. The Morgan fingerprint density at radius 3 is 2.86 bits per heavy atom. The molecule has 0 bridgehead atoms. The highest BCUT2D eigenvalue weighted by Gasteiger charge is 2.67. The molecule has 1 unspecified atom stereocenters. The number of para-hydroxylation sites is 1. The van der Waals surface area contributed by atoms with Crippen LogP contribution in [-0.2, 0) is 29.3 Å². The minimum absolute atomic E-state index is 0.226. The summed E-state index contributed by atoms with van der Waals surface area (Å²) in [5.41, 5.74) is -1.36. The molecule has 3 aliphatic rings. The summed E-state index contributed by atoms with van der Waals surface area (Å²) in [4.78, 5) is 27.7. The average molecular weight is 455 g/mol. The second-order valence-electron chi connectivity index (χ2n) is 7.49. The highest BCUT2D eigenvalue weighted by atomic mass is 79.9. The van der Waals surface area contributed by atoms with E-state index in [0.717, 1.165) is 0 Å². The van der Waals surface area contributed by atoms with Crippen LogP contribution in [0.25, 0.3) is 0 Å². The van der Waals surface area contributed by atoms with Crippen LogP contribution < -0.4 is 5.32 Å². The molecule has 8 nitrogen and oxygen atoms in total. The lowest BCUT2D eigenvalue weighted by atomic mass is 9.83. The maximum atomic E-state index is 13.2. The normalized spacial score (nSPS) is 31.4. The van der Waals surface area contributed by atoms with Crippen LogP contribution in [0, 0.1) is 0 Å². The van der Waals surface area contributed by atoms with Gasteiger partial charge >= 0.3 is 6.09 Å². The van der Waals surface area contributed by atoms with E-state index >= 15 is 0 Å². The average Bonchev–Trinajstić information content (AvgIpc) is 3.08. The van der Waals surface area contributed by atoms with E-state index in [-0.39, 0.29) is 6.61 Å². The molecule has 0 aliphatic carbocycles. The fourth-order valence-electron chi connectivity index (χ4n) is 4.27. The lowest BCUT2D eigenvalue weighted by Gasteiger charge is -2.48. The Labute approximate surface area is 171 Å². The number of hydrogen-bond donors (Lipinski definition) is 1. The molecule has 2 fully saturated rings. The Kier molecular flexibility index (Phi) is 4.69. The number of nitrogens with zero attached hydrogens (tertiary/aromatic N) is 1. The Morgan fingerprint density at radius 2 is 2.14 bits per heavy atom. The molecular formula is C19H23BrN2O6. The molecule has 1 aromatic carbocycles. The van der Waals surface area contributed by atoms with Crippen molar-refractivity contribution in [2.45, 2.75) is 57.5 Å². The molecule has 0 saturated carbocycles. The number of benzene rings is 1. The van der Waals surface area contributed by atoms with Crippen molar-refractivity contribution in [1.29, 1.82) is 0 Å². The zero-order valence-corrected chi connectivity index (χ0v) is 17.7. The summed E-state index contributed by atoms with van der Waals surface area (Å²) >= 11 is 3.45. The molecule has 3 heterocycles. The Hall–Kier alpha value is -1.68. The third kappa shape index (κ3) is 2.67. The second-order valence-corrected chi connectivity index (χ2v) is 8.35. The van der Waals surface area contributed by atoms with Crippen LogP contribution in [0.1, 0.15) is 33.3 Å². The molecule has 4 rings (SSSR count). The number of rotatable bonds is 4. The lowest BCUT2D eigenvalue weighted by Crippen LogP contribution is -2.68. The first-order valence-electron chi connectivity index (χ1n) is 9.26. The van der Waals surface area contributed by atoms with E-state index in [9.17, 15) is 9.59 Å². The molecular weight excluding hydrogens is 432 g/mol. The molecule has 2 saturated heterocycles. The van der Waals surface area contributed by atoms with Gasteiger partial charge in [-0.1, -0.05) is 12.1 Å². The summed E-state index contributed by atoms with van der Waals surface area (Å²) in [5, 5.41) is 2.84. The van der Waals surface area contributed by atoms with Crippen LogP contribution in [0.2, 0.25) is 0 Å². The van der Waals surface area contributed by atoms with Crippen molar-refractivity contribution in [2.75, 3.05) is 18.5 Å². The van der Waals surface area contributed by atoms with Gasteiger partial charge in [-0.2, -0.15) is 0 Å². The van der Waals surface area contributed by atoms with Gasteiger partial charge in [-0.25, -0.2) is 4.79 Å². The SMILES string of the molecule is CCOC(C)O[C@@H]1[C@H]2COC(C)(C)N2C(=O)O[C@]12C(=O)Nc1c(Br)cccc12. The Morgan fingerprint density at radius 1 is 1.39 bits per heavy atom. The van der Waals surface area contributed by atoms with Crippen molar-refractivity contribution < 1.29 is 28.5 Å². The van der Waals surface area contributed by atoms with E-state index in [4.69, 9.17) is 18.9 Å². The summed E-state index contributed by atoms with van der Waals surface area (Å²) in [5.74, 6) is -0.444. The predicted molar refractivity (Wildman–Crippen MR) is 103 cm³/mol. The van der Waals surface area contributed by atoms with Crippen molar-refractivity contribution in [3.05, 3.63) is 28.2 Å². The fourth-order valence-corrected chi connectivity index (χ4v) is 4.73. The van der Waals surface area contributed by atoms with E-state index in [2.05, 4.69) is 21.2 Å². The molecule has 0 radical (unpaired) electrons. The molecule has 1 spiro atoms. The summed E-state index contributed by atoms with van der Waals surface area (Å²) in [6, 6.07) is 4.87. The van der Waals surface area contributed by atoms with Gasteiger partial charge in [0.05, 0.1) is 18.3 Å². The highest BCUT2D eigenvalue weighted by Crippen LogP contribution is 2.51. The van der Waals surface area contributed by atoms with Crippen molar-refractivity contribution in [1.82, 2.24) is 4.90 Å². The van der Waals surface area contributed by atoms with Gasteiger partial charge in [0.1, 0.15) is 11.8 Å². The van der Waals surface area contributed by atoms with Crippen LogP contribution in [0.3, 0.4) is 0 Å². The van der Waals surface area contributed by atoms with Gasteiger partial charge in [0.2, 0.25) is 5.60 Å². The van der Waals surface area contributed by atoms with Gasteiger partial charge in [-0.05, 0) is 49.7 Å². The molecule has 9 heteroatoms. The van der Waals surface area contributed by atoms with Gasteiger partial charge in [-0.15, -0.1) is 0 Å². The van der Waals surface area contributed by atoms with Crippen LogP contribution in [0.4, 0.5) is 10.5 Å². The van der Waals surface area contributed by atoms with Crippen LogP contribution in [-0.4, -0.2) is 54.3 Å². The number of ether oxygens (including phenoxy) is 4. The number of carbonyl (C=O) groups is 2. The van der Waals surface area contributed by atoms with Crippen molar-refractivity contribution in [2.24, 2.45) is 0 Å². The zero-order chi connectivity index (χ0) is 20.3. The summed E-state index contributed by atoms with van der Waals surface area (Å²) in [6.07, 6.45) is -2.03. The number of amides is 2. The molecule has 0 aromatic heterocycles. The Bertz CT molecular complexity index is 831. The Balaban J connectivity index is 1.85. The first-order valence-corrected chi connectivity index (χ1v) is 10.1. The van der Waals surface area contributed by atoms with Gasteiger partial charge in [0, 0.05) is 16.6 Å². The molecule has 28 heavy (non-hydrogen) atoms. The van der Waals surface area contributed by atoms with Gasteiger partial charge < -0.3 is 24.3 Å². The van der Waals surface area contributed by atoms with Gasteiger partial charge in [-0.3, -0.25) is 9.69 Å². The van der Waals surface area contributed by atoms with Gasteiger partial charge in [0.25, 0.3) is 5.91 Å². The molecule has 1 N–H and O–H groups in total. The van der Waals surface area contributed by atoms with E-state index in [1.165, 1.54) is 4.90 Å². The monoisotopic (exact) mass is 454 g/mol. The number of fused-ring (bicyclic) bond motifs is 3. The first kappa shape index (κ1) is 19.6. The molecule has 152 valence electrons. The maximum absolute atomic E-state index is 13.2. The van der Waals surface area contributed by atoms with Crippen LogP contribution in [0.5, 0.6) is 0 Å². The number of hydrogen-bond acceptors (Lipinski definition) is 6. The third-order valence-corrected chi connectivity index (χ3v) is 6.10. The van der Waals surface area contributed by atoms with E-state index in [1.807, 2.05) is 13.0 Å². The topological polar surface area (TPSA) is 86.3 Å². The maximum Gasteiger partial charge on any atom is 0.413 e. The first-order chi connectivity index (χ1) is 13.2. The fraction of sp³-hybridized carbons (Fsp3) is 0.579. The number of nitrogens with one attached hydrogen (secondary N) is 1. The summed E-state index contributed by atoms with van der Waals surface area (Å²) in [6.45, 7) is 7.87. The van der Waals surface area contributed by atoms with Crippen molar-refractivity contribution in [3.63, 3.8) is 0 Å². The number of carbonyl (C=O) groups excluding carboxylic acids is 2. The second kappa shape index (κ2) is 6.69. The number of anilines is 1. The van der Waals surface area contributed by atoms with Crippen LogP contribution in [0.15, 0.2) is 22.7 Å². The predicted octanol–water partition coefficient (Wildman–Crippen LogP) is 2.95.